The predicted octanol–water partition coefficient (Wildman–Crippen LogP) is 4.03. The molecule has 0 saturated heterocycles. The summed E-state index contributed by atoms with van der Waals surface area (Å²) in [5.74, 6) is 2.30. The molecule has 100 valence electrons. The van der Waals surface area contributed by atoms with Crippen molar-refractivity contribution in [2.45, 2.75) is 52.9 Å². The molecule has 0 amide bonds. The zero-order valence-electron chi connectivity index (χ0n) is 11.6. The van der Waals surface area contributed by atoms with Crippen molar-refractivity contribution >= 4 is 17.1 Å². The van der Waals surface area contributed by atoms with Gasteiger partial charge in [0.15, 0.2) is 0 Å². The fourth-order valence-electron chi connectivity index (χ4n) is 2.89. The largest absolute Gasteiger partial charge is 0.299 e. The monoisotopic (exact) mass is 265 g/mol. The van der Waals surface area contributed by atoms with Gasteiger partial charge in [0.25, 0.3) is 0 Å². The molecular formula is C15H23NOS. The molecule has 0 unspecified atom stereocenters. The van der Waals surface area contributed by atoms with Crippen LogP contribution in [-0.2, 0) is 11.2 Å². The van der Waals surface area contributed by atoms with Crippen LogP contribution in [0.1, 0.15) is 50.2 Å². The van der Waals surface area contributed by atoms with Crippen LogP contribution in [0, 0.1) is 24.7 Å². The quantitative estimate of drug-likeness (QED) is 0.823. The normalized spacial score (nSPS) is 24.4. The molecule has 1 fully saturated rings. The van der Waals surface area contributed by atoms with E-state index in [1.165, 1.54) is 12.8 Å². The molecule has 0 aliphatic heterocycles. The molecule has 1 aromatic heterocycles. The van der Waals surface area contributed by atoms with E-state index in [0.29, 0.717) is 18.1 Å². The van der Waals surface area contributed by atoms with Gasteiger partial charge in [-0.05, 0) is 44.4 Å². The third kappa shape index (κ3) is 3.41. The highest BCUT2D eigenvalue weighted by molar-refractivity contribution is 7.09. The van der Waals surface area contributed by atoms with E-state index >= 15 is 0 Å². The molecule has 0 spiro atoms. The van der Waals surface area contributed by atoms with E-state index in [9.17, 15) is 4.79 Å². The first kappa shape index (κ1) is 13.7. The molecule has 1 heterocycles. The van der Waals surface area contributed by atoms with Crippen molar-refractivity contribution in [3.05, 3.63) is 16.1 Å². The maximum Gasteiger partial charge on any atom is 0.142 e. The number of rotatable bonds is 4. The number of aryl methyl sites for hydroxylation is 1. The summed E-state index contributed by atoms with van der Waals surface area (Å²) in [7, 11) is 0. The van der Waals surface area contributed by atoms with Gasteiger partial charge in [0.05, 0.1) is 6.42 Å². The van der Waals surface area contributed by atoms with Gasteiger partial charge in [0.1, 0.15) is 10.8 Å². The van der Waals surface area contributed by atoms with Crippen LogP contribution >= 0.6 is 11.3 Å². The van der Waals surface area contributed by atoms with Crippen LogP contribution in [0.3, 0.4) is 0 Å². The Morgan fingerprint density at radius 1 is 1.39 bits per heavy atom. The summed E-state index contributed by atoms with van der Waals surface area (Å²) in [6, 6.07) is 0. The van der Waals surface area contributed by atoms with Crippen molar-refractivity contribution in [1.29, 1.82) is 0 Å². The first-order valence-electron chi connectivity index (χ1n) is 7.00. The number of hydrogen-bond acceptors (Lipinski definition) is 3. The van der Waals surface area contributed by atoms with Crippen molar-refractivity contribution in [2.75, 3.05) is 0 Å². The molecule has 1 aliphatic carbocycles. The highest BCUT2D eigenvalue weighted by atomic mass is 32.1. The molecule has 0 aromatic carbocycles. The lowest BCUT2D eigenvalue weighted by atomic mass is 9.75. The molecular weight excluding hydrogens is 242 g/mol. The van der Waals surface area contributed by atoms with Crippen LogP contribution in [0.4, 0.5) is 0 Å². The lowest BCUT2D eigenvalue weighted by Crippen LogP contribution is -2.25. The van der Waals surface area contributed by atoms with Gasteiger partial charge >= 0.3 is 0 Å². The van der Waals surface area contributed by atoms with Crippen LogP contribution in [0.5, 0.6) is 0 Å². The van der Waals surface area contributed by atoms with Crippen molar-refractivity contribution in [1.82, 2.24) is 4.98 Å². The average molecular weight is 265 g/mol. The Morgan fingerprint density at radius 3 is 2.56 bits per heavy atom. The fourth-order valence-corrected chi connectivity index (χ4v) is 3.67. The highest BCUT2D eigenvalue weighted by Crippen LogP contribution is 2.34. The second kappa shape index (κ2) is 5.96. The lowest BCUT2D eigenvalue weighted by molar-refractivity contribution is -0.123. The van der Waals surface area contributed by atoms with Crippen molar-refractivity contribution < 1.29 is 4.79 Å². The zero-order chi connectivity index (χ0) is 13.1. The summed E-state index contributed by atoms with van der Waals surface area (Å²) in [5.41, 5.74) is 1.03. The Labute approximate surface area is 114 Å². The molecule has 2 rings (SSSR count). The van der Waals surface area contributed by atoms with E-state index in [-0.39, 0.29) is 0 Å². The average Bonchev–Trinajstić information content (AvgIpc) is 2.75. The number of aromatic nitrogens is 1. The van der Waals surface area contributed by atoms with Crippen LogP contribution < -0.4 is 0 Å². The summed E-state index contributed by atoms with van der Waals surface area (Å²) in [6.07, 6.45) is 5.18. The second-order valence-corrected chi connectivity index (χ2v) is 6.82. The molecule has 0 N–H and O–H groups in total. The summed E-state index contributed by atoms with van der Waals surface area (Å²) >= 11 is 1.62. The van der Waals surface area contributed by atoms with E-state index in [0.717, 1.165) is 35.4 Å². The summed E-state index contributed by atoms with van der Waals surface area (Å²) in [6.45, 7) is 6.58. The number of carbonyl (C=O) groups excluding carboxylic acids is 1. The first-order chi connectivity index (χ1) is 8.56. The van der Waals surface area contributed by atoms with Gasteiger partial charge in [-0.3, -0.25) is 4.79 Å². The SMILES string of the molecule is Cc1csc(CC(=O)C2CCC(C(C)C)CC2)n1. The third-order valence-electron chi connectivity index (χ3n) is 4.16. The number of nitrogens with zero attached hydrogens (tertiary/aromatic N) is 1. The van der Waals surface area contributed by atoms with Crippen molar-refractivity contribution in [3.63, 3.8) is 0 Å². The summed E-state index contributed by atoms with van der Waals surface area (Å²) < 4.78 is 0. The Morgan fingerprint density at radius 2 is 2.06 bits per heavy atom. The maximum atomic E-state index is 12.2. The van der Waals surface area contributed by atoms with E-state index in [1.54, 1.807) is 11.3 Å². The Bertz CT molecular complexity index is 402. The van der Waals surface area contributed by atoms with Crippen LogP contribution in [-0.4, -0.2) is 10.8 Å². The smallest absolute Gasteiger partial charge is 0.142 e. The zero-order valence-corrected chi connectivity index (χ0v) is 12.4. The van der Waals surface area contributed by atoms with Crippen molar-refractivity contribution in [2.24, 2.45) is 17.8 Å². The minimum Gasteiger partial charge on any atom is -0.299 e. The van der Waals surface area contributed by atoms with Gasteiger partial charge < -0.3 is 0 Å². The highest BCUT2D eigenvalue weighted by Gasteiger charge is 2.27. The Balaban J connectivity index is 1.84. The fraction of sp³-hybridized carbons (Fsp3) is 0.733. The molecule has 2 nitrogen and oxygen atoms in total. The number of Topliss-reactive ketones (excluding diaryl/α,β-unsaturated/α-hetero) is 1. The maximum absolute atomic E-state index is 12.2. The van der Waals surface area contributed by atoms with Crippen LogP contribution in [0.25, 0.3) is 0 Å². The van der Waals surface area contributed by atoms with Gasteiger partial charge in [-0.2, -0.15) is 0 Å². The molecule has 3 heteroatoms. The minimum atomic E-state index is 0.296. The molecule has 0 atom stereocenters. The van der Waals surface area contributed by atoms with E-state index in [4.69, 9.17) is 0 Å². The van der Waals surface area contributed by atoms with Gasteiger partial charge in [-0.15, -0.1) is 11.3 Å². The molecule has 0 bridgehead atoms. The van der Waals surface area contributed by atoms with Gasteiger partial charge in [-0.1, -0.05) is 13.8 Å². The summed E-state index contributed by atoms with van der Waals surface area (Å²) in [5, 5.41) is 3.02. The molecule has 18 heavy (non-hydrogen) atoms. The van der Waals surface area contributed by atoms with Crippen LogP contribution in [0.2, 0.25) is 0 Å². The van der Waals surface area contributed by atoms with Gasteiger partial charge in [-0.25, -0.2) is 4.98 Å². The standard InChI is InChI=1S/C15H23NOS/c1-10(2)12-4-6-13(7-5-12)14(17)8-15-16-11(3)9-18-15/h9-10,12-13H,4-8H2,1-3H3. The molecule has 1 aromatic rings. The number of carbonyl (C=O) groups is 1. The number of thiazole rings is 1. The van der Waals surface area contributed by atoms with Crippen LogP contribution in [0.15, 0.2) is 5.38 Å². The van der Waals surface area contributed by atoms with Gasteiger partial charge in [0, 0.05) is 17.0 Å². The Kier molecular flexibility index (Phi) is 4.55. The number of ketones is 1. The van der Waals surface area contributed by atoms with E-state index < -0.39 is 0 Å². The molecule has 0 radical (unpaired) electrons. The Hall–Kier alpha value is -0.700. The van der Waals surface area contributed by atoms with E-state index in [1.807, 2.05) is 12.3 Å². The van der Waals surface area contributed by atoms with Crippen molar-refractivity contribution in [3.8, 4) is 0 Å². The molecule has 1 aliphatic rings. The third-order valence-corrected chi connectivity index (χ3v) is 5.13. The number of hydrogen-bond donors (Lipinski definition) is 0. The second-order valence-electron chi connectivity index (χ2n) is 5.88. The first-order valence-corrected chi connectivity index (χ1v) is 7.88. The van der Waals surface area contributed by atoms with E-state index in [2.05, 4.69) is 18.8 Å². The summed E-state index contributed by atoms with van der Waals surface area (Å²) in [4.78, 5) is 16.6. The lowest BCUT2D eigenvalue weighted by Gasteiger charge is -2.29. The minimum absolute atomic E-state index is 0.296. The van der Waals surface area contributed by atoms with Gasteiger partial charge in [0.2, 0.25) is 0 Å². The topological polar surface area (TPSA) is 30.0 Å². The predicted molar refractivity (Wildman–Crippen MR) is 75.8 cm³/mol. The molecule has 1 saturated carbocycles.